The molecule has 6 nitrogen and oxygen atoms in total. The Labute approximate surface area is 113 Å². The molecule has 1 saturated heterocycles. The van der Waals surface area contributed by atoms with E-state index >= 15 is 0 Å². The second kappa shape index (κ2) is 4.13. The van der Waals surface area contributed by atoms with Crippen LogP contribution in [0.1, 0.15) is 15.9 Å². The second-order valence-corrected chi connectivity index (χ2v) is 4.71. The summed E-state index contributed by atoms with van der Waals surface area (Å²) in [4.78, 5) is 37.1. The molecule has 3 amide bonds. The normalized spacial score (nSPS) is 19.3. The van der Waals surface area contributed by atoms with Crippen LogP contribution in [0.5, 0.6) is 0 Å². The van der Waals surface area contributed by atoms with Gasteiger partial charge in [-0.2, -0.15) is 0 Å². The van der Waals surface area contributed by atoms with Crippen molar-refractivity contribution >= 4 is 35.1 Å². The highest BCUT2D eigenvalue weighted by Gasteiger charge is 2.43. The van der Waals surface area contributed by atoms with Crippen molar-refractivity contribution in [2.75, 3.05) is 0 Å². The fraction of sp³-hybridized carbons (Fsp3) is 0.167. The van der Waals surface area contributed by atoms with Gasteiger partial charge in [0.15, 0.2) is 11.2 Å². The molecule has 2 N–H and O–H groups in total. The van der Waals surface area contributed by atoms with Crippen LogP contribution in [0.25, 0.3) is 0 Å². The van der Waals surface area contributed by atoms with Gasteiger partial charge in [-0.15, -0.1) is 0 Å². The van der Waals surface area contributed by atoms with Crippen LogP contribution in [-0.2, 0) is 16.1 Å². The molecule has 1 aromatic carbocycles. The Balaban J connectivity index is 1.93. The van der Waals surface area contributed by atoms with Gasteiger partial charge in [0.2, 0.25) is 0 Å². The van der Waals surface area contributed by atoms with Crippen molar-refractivity contribution in [3.8, 4) is 0 Å². The highest BCUT2D eigenvalue weighted by molar-refractivity contribution is 7.80. The molecule has 0 aromatic heterocycles. The lowest BCUT2D eigenvalue weighted by Crippen LogP contribution is -2.64. The Hall–Kier alpha value is -2.28. The van der Waals surface area contributed by atoms with Crippen LogP contribution in [-0.4, -0.2) is 33.8 Å². The molecule has 1 fully saturated rings. The van der Waals surface area contributed by atoms with Gasteiger partial charge in [-0.25, -0.2) is 0 Å². The van der Waals surface area contributed by atoms with E-state index in [2.05, 4.69) is 10.6 Å². The first kappa shape index (κ1) is 11.8. The Morgan fingerprint density at radius 1 is 1.11 bits per heavy atom. The van der Waals surface area contributed by atoms with E-state index in [9.17, 15) is 14.4 Å². The maximum absolute atomic E-state index is 12.2. The van der Waals surface area contributed by atoms with Gasteiger partial charge >= 0.3 is 0 Å². The predicted octanol–water partition coefficient (Wildman–Crippen LogP) is -0.458. The van der Waals surface area contributed by atoms with Crippen LogP contribution in [0.3, 0.4) is 0 Å². The average molecular weight is 275 g/mol. The van der Waals surface area contributed by atoms with Crippen molar-refractivity contribution in [2.45, 2.75) is 12.6 Å². The van der Waals surface area contributed by atoms with Crippen molar-refractivity contribution < 1.29 is 14.4 Å². The van der Waals surface area contributed by atoms with Crippen LogP contribution in [0.15, 0.2) is 24.3 Å². The van der Waals surface area contributed by atoms with Crippen molar-refractivity contribution in [1.82, 2.24) is 15.5 Å². The van der Waals surface area contributed by atoms with E-state index in [4.69, 9.17) is 12.2 Å². The number of carbonyl (C=O) groups is 3. The maximum atomic E-state index is 12.2. The third kappa shape index (κ3) is 1.78. The molecule has 2 aliphatic rings. The zero-order chi connectivity index (χ0) is 13.6. The number of amides is 3. The summed E-state index contributed by atoms with van der Waals surface area (Å²) in [6, 6.07) is 5.87. The predicted molar refractivity (Wildman–Crippen MR) is 69.0 cm³/mol. The Morgan fingerprint density at radius 2 is 1.74 bits per heavy atom. The molecule has 19 heavy (non-hydrogen) atoms. The van der Waals surface area contributed by atoms with E-state index in [1.54, 1.807) is 18.2 Å². The number of thiocarbonyl (C=S) groups is 1. The van der Waals surface area contributed by atoms with Crippen molar-refractivity contribution in [3.63, 3.8) is 0 Å². The minimum absolute atomic E-state index is 0.0320. The first-order chi connectivity index (χ1) is 9.08. The molecule has 96 valence electrons. The monoisotopic (exact) mass is 275 g/mol. The quantitative estimate of drug-likeness (QED) is 0.537. The molecule has 2 heterocycles. The first-order valence-electron chi connectivity index (χ1n) is 5.62. The summed E-state index contributed by atoms with van der Waals surface area (Å²) in [5.74, 6) is -1.47. The third-order valence-corrected chi connectivity index (χ3v) is 3.34. The lowest BCUT2D eigenvalue weighted by molar-refractivity contribution is -0.136. The lowest BCUT2D eigenvalue weighted by atomic mass is 10.1. The summed E-state index contributed by atoms with van der Waals surface area (Å²) >= 11 is 4.72. The topological polar surface area (TPSA) is 78.5 Å². The van der Waals surface area contributed by atoms with Crippen LogP contribution in [0.2, 0.25) is 0 Å². The Kier molecular flexibility index (Phi) is 2.56. The first-order valence-corrected chi connectivity index (χ1v) is 6.03. The number of hydrogen-bond acceptors (Lipinski definition) is 4. The largest absolute Gasteiger partial charge is 0.314 e. The lowest BCUT2D eigenvalue weighted by Gasteiger charge is -2.29. The van der Waals surface area contributed by atoms with Crippen LogP contribution in [0, 0.1) is 0 Å². The molecule has 0 aliphatic carbocycles. The van der Waals surface area contributed by atoms with Gasteiger partial charge in [0.25, 0.3) is 17.7 Å². The standard InChI is InChI=1S/C12H9N3O3S/c16-9-8(10(17)14-12(19)13-9)15-5-6-3-1-2-4-7(6)11(15)18/h1-4,8H,5H2,(H2,13,14,16,17,19). The molecule has 0 unspecified atom stereocenters. The third-order valence-electron chi connectivity index (χ3n) is 3.13. The molecular weight excluding hydrogens is 266 g/mol. The van der Waals surface area contributed by atoms with Crippen molar-refractivity contribution in [3.05, 3.63) is 35.4 Å². The second-order valence-electron chi connectivity index (χ2n) is 4.30. The van der Waals surface area contributed by atoms with Gasteiger partial charge in [-0.1, -0.05) is 18.2 Å². The summed E-state index contributed by atoms with van der Waals surface area (Å²) in [5, 5.41) is 4.67. The van der Waals surface area contributed by atoms with E-state index < -0.39 is 17.9 Å². The zero-order valence-corrected chi connectivity index (χ0v) is 10.5. The molecule has 2 aliphatic heterocycles. The van der Waals surface area contributed by atoms with Gasteiger partial charge in [0.1, 0.15) is 0 Å². The number of nitrogens with one attached hydrogen (secondary N) is 2. The molecule has 1 aromatic rings. The van der Waals surface area contributed by atoms with E-state index in [0.29, 0.717) is 5.56 Å². The van der Waals surface area contributed by atoms with E-state index in [0.717, 1.165) is 5.56 Å². The van der Waals surface area contributed by atoms with Gasteiger partial charge in [0, 0.05) is 12.1 Å². The minimum atomic E-state index is -1.17. The summed E-state index contributed by atoms with van der Waals surface area (Å²) in [6.45, 7) is 0.243. The number of fused-ring (bicyclic) bond motifs is 1. The number of nitrogens with zero attached hydrogens (tertiary/aromatic N) is 1. The minimum Gasteiger partial charge on any atom is -0.314 e. The smallest absolute Gasteiger partial charge is 0.258 e. The van der Waals surface area contributed by atoms with Gasteiger partial charge < -0.3 is 15.5 Å². The van der Waals surface area contributed by atoms with E-state index in [1.165, 1.54) is 4.90 Å². The average Bonchev–Trinajstić information content (AvgIpc) is 2.66. The van der Waals surface area contributed by atoms with Crippen LogP contribution in [0.4, 0.5) is 0 Å². The molecule has 7 heteroatoms. The summed E-state index contributed by atoms with van der Waals surface area (Å²) in [6.07, 6.45) is 0. The fourth-order valence-electron chi connectivity index (χ4n) is 2.28. The van der Waals surface area contributed by atoms with Crippen LogP contribution < -0.4 is 10.6 Å². The highest BCUT2D eigenvalue weighted by atomic mass is 32.1. The van der Waals surface area contributed by atoms with Gasteiger partial charge in [0.05, 0.1) is 0 Å². The molecule has 3 rings (SSSR count). The number of carbonyl (C=O) groups excluding carboxylic acids is 3. The summed E-state index contributed by atoms with van der Waals surface area (Å²) in [5.41, 5.74) is 1.33. The van der Waals surface area contributed by atoms with E-state index in [-0.39, 0.29) is 17.6 Å². The molecule has 0 spiro atoms. The zero-order valence-electron chi connectivity index (χ0n) is 9.67. The van der Waals surface area contributed by atoms with E-state index in [1.807, 2.05) is 6.07 Å². The SMILES string of the molecule is O=C1NC(=S)NC(=O)C1N1Cc2ccccc2C1=O. The number of hydrogen-bond donors (Lipinski definition) is 2. The van der Waals surface area contributed by atoms with Crippen molar-refractivity contribution in [1.29, 1.82) is 0 Å². The number of benzene rings is 1. The Morgan fingerprint density at radius 3 is 2.37 bits per heavy atom. The summed E-state index contributed by atoms with van der Waals surface area (Å²) in [7, 11) is 0. The van der Waals surface area contributed by atoms with Crippen LogP contribution >= 0.6 is 12.2 Å². The van der Waals surface area contributed by atoms with Gasteiger partial charge in [-0.05, 0) is 23.8 Å². The highest BCUT2D eigenvalue weighted by Crippen LogP contribution is 2.24. The van der Waals surface area contributed by atoms with Gasteiger partial charge in [-0.3, -0.25) is 14.4 Å². The molecular formula is C12H9N3O3S. The molecule has 0 atom stereocenters. The molecule has 0 bridgehead atoms. The Bertz CT molecular complexity index is 608. The number of rotatable bonds is 1. The van der Waals surface area contributed by atoms with Crippen molar-refractivity contribution in [2.24, 2.45) is 0 Å². The maximum Gasteiger partial charge on any atom is 0.258 e. The molecule has 0 saturated carbocycles. The summed E-state index contributed by atoms with van der Waals surface area (Å²) < 4.78 is 0. The fourth-order valence-corrected chi connectivity index (χ4v) is 2.48. The molecule has 0 radical (unpaired) electrons.